The van der Waals surface area contributed by atoms with Crippen LogP contribution in [0.3, 0.4) is 0 Å². The molecular weight excluding hydrogens is 174 g/mol. The van der Waals surface area contributed by atoms with Crippen LogP contribution in [-0.2, 0) is 11.3 Å². The largest absolute Gasteiger partial charge is 0.755 e. The first kappa shape index (κ1) is 9.22. The van der Waals surface area contributed by atoms with Gasteiger partial charge in [-0.25, -0.2) is 0 Å². The van der Waals surface area contributed by atoms with Crippen molar-refractivity contribution in [2.75, 3.05) is 4.72 Å². The Morgan fingerprint density at radius 3 is 2.67 bits per heavy atom. The average Bonchev–Trinajstić information content (AvgIpc) is 1.98. The van der Waals surface area contributed by atoms with Crippen molar-refractivity contribution < 1.29 is 8.76 Å². The summed E-state index contributed by atoms with van der Waals surface area (Å²) in [6, 6.07) is 5.49. The van der Waals surface area contributed by atoms with E-state index in [1.165, 1.54) is 0 Å². The summed E-state index contributed by atoms with van der Waals surface area (Å²) >= 11 is -2.24. The lowest BCUT2D eigenvalue weighted by Gasteiger charge is -2.12. The third-order valence-corrected chi connectivity index (χ3v) is 2.18. The van der Waals surface area contributed by atoms with Crippen molar-refractivity contribution in [2.45, 2.75) is 13.8 Å². The Hall–Kier alpha value is -0.870. The second kappa shape index (κ2) is 3.69. The number of anilines is 1. The zero-order valence-corrected chi connectivity index (χ0v) is 7.77. The molecular formula is C8H10NO2S-. The van der Waals surface area contributed by atoms with Crippen molar-refractivity contribution in [1.82, 2.24) is 0 Å². The Labute approximate surface area is 74.2 Å². The van der Waals surface area contributed by atoms with Crippen molar-refractivity contribution >= 4 is 17.0 Å². The van der Waals surface area contributed by atoms with Gasteiger partial charge >= 0.3 is 0 Å². The summed E-state index contributed by atoms with van der Waals surface area (Å²) < 4.78 is 23.0. The summed E-state index contributed by atoms with van der Waals surface area (Å²) in [5.41, 5.74) is 2.68. The highest BCUT2D eigenvalue weighted by Gasteiger charge is 1.98. The molecule has 0 bridgehead atoms. The van der Waals surface area contributed by atoms with Crippen molar-refractivity contribution in [2.24, 2.45) is 0 Å². The summed E-state index contributed by atoms with van der Waals surface area (Å²) in [4.78, 5) is 0. The summed E-state index contributed by atoms with van der Waals surface area (Å²) in [6.45, 7) is 3.82. The van der Waals surface area contributed by atoms with Crippen molar-refractivity contribution in [3.8, 4) is 0 Å². The van der Waals surface area contributed by atoms with Gasteiger partial charge in [0.05, 0.1) is 0 Å². The van der Waals surface area contributed by atoms with Gasteiger partial charge in [0.1, 0.15) is 0 Å². The molecule has 0 aliphatic carbocycles. The topological polar surface area (TPSA) is 52.2 Å². The molecule has 1 N–H and O–H groups in total. The first-order chi connectivity index (χ1) is 5.61. The summed E-state index contributed by atoms with van der Waals surface area (Å²) in [5.74, 6) is 0. The summed E-state index contributed by atoms with van der Waals surface area (Å²) in [5, 5.41) is 0. The fraction of sp³-hybridized carbons (Fsp3) is 0.250. The van der Waals surface area contributed by atoms with E-state index in [4.69, 9.17) is 0 Å². The quantitative estimate of drug-likeness (QED) is 0.708. The van der Waals surface area contributed by atoms with E-state index in [0.29, 0.717) is 5.69 Å². The number of hydrogen-bond donors (Lipinski definition) is 1. The summed E-state index contributed by atoms with van der Waals surface area (Å²) in [6.07, 6.45) is 0. The lowest BCUT2D eigenvalue weighted by atomic mass is 10.1. The van der Waals surface area contributed by atoms with Gasteiger partial charge in [-0.05, 0) is 31.0 Å². The molecule has 0 saturated carbocycles. The predicted molar refractivity (Wildman–Crippen MR) is 48.5 cm³/mol. The first-order valence-electron chi connectivity index (χ1n) is 3.53. The molecule has 1 atom stereocenters. The van der Waals surface area contributed by atoms with Crippen LogP contribution in [0.5, 0.6) is 0 Å². The fourth-order valence-corrected chi connectivity index (χ4v) is 1.35. The van der Waals surface area contributed by atoms with Gasteiger partial charge in [0.2, 0.25) is 0 Å². The SMILES string of the molecule is Cc1cccc(NS(=O)[O-])c1C. The minimum Gasteiger partial charge on any atom is -0.755 e. The Kier molecular flexibility index (Phi) is 2.83. The van der Waals surface area contributed by atoms with Crippen LogP contribution >= 0.6 is 0 Å². The highest BCUT2D eigenvalue weighted by molar-refractivity contribution is 7.80. The minimum atomic E-state index is -2.24. The predicted octanol–water partition coefficient (Wildman–Crippen LogP) is 1.51. The highest BCUT2D eigenvalue weighted by atomic mass is 32.2. The van der Waals surface area contributed by atoms with Gasteiger partial charge < -0.3 is 9.27 Å². The van der Waals surface area contributed by atoms with E-state index >= 15 is 0 Å². The monoisotopic (exact) mass is 184 g/mol. The Morgan fingerprint density at radius 2 is 2.08 bits per heavy atom. The first-order valence-corrected chi connectivity index (χ1v) is 4.61. The third-order valence-electron chi connectivity index (χ3n) is 1.80. The van der Waals surface area contributed by atoms with Crippen LogP contribution in [0, 0.1) is 13.8 Å². The van der Waals surface area contributed by atoms with E-state index in [2.05, 4.69) is 4.72 Å². The van der Waals surface area contributed by atoms with E-state index in [1.807, 2.05) is 26.0 Å². The van der Waals surface area contributed by atoms with E-state index < -0.39 is 11.3 Å². The molecule has 4 heteroatoms. The molecule has 1 unspecified atom stereocenters. The second-order valence-corrected chi connectivity index (χ2v) is 3.26. The molecule has 0 radical (unpaired) electrons. The van der Waals surface area contributed by atoms with Crippen LogP contribution in [0.1, 0.15) is 11.1 Å². The van der Waals surface area contributed by atoms with E-state index in [-0.39, 0.29) is 0 Å². The normalized spacial score (nSPS) is 12.6. The zero-order valence-electron chi connectivity index (χ0n) is 6.96. The molecule has 0 aliphatic rings. The third kappa shape index (κ3) is 2.06. The fourth-order valence-electron chi connectivity index (χ4n) is 0.951. The van der Waals surface area contributed by atoms with Gasteiger partial charge in [0.15, 0.2) is 0 Å². The standard InChI is InChI=1S/C8H11NO2S/c1-6-4-3-5-8(7(6)2)9-12(10)11/h3-5,9H,1-2H3,(H,10,11)/p-1. The molecule has 0 amide bonds. The van der Waals surface area contributed by atoms with Crippen LogP contribution < -0.4 is 4.72 Å². The van der Waals surface area contributed by atoms with E-state index in [0.717, 1.165) is 11.1 Å². The molecule has 0 aliphatic heterocycles. The molecule has 0 heterocycles. The molecule has 12 heavy (non-hydrogen) atoms. The maximum absolute atomic E-state index is 10.3. The highest BCUT2D eigenvalue weighted by Crippen LogP contribution is 2.17. The molecule has 3 nitrogen and oxygen atoms in total. The molecule has 0 fully saturated rings. The maximum Gasteiger partial charge on any atom is 0.0484 e. The van der Waals surface area contributed by atoms with Gasteiger partial charge in [-0.15, -0.1) is 0 Å². The number of nitrogens with one attached hydrogen (secondary N) is 1. The lowest BCUT2D eigenvalue weighted by Crippen LogP contribution is -2.04. The lowest BCUT2D eigenvalue weighted by molar-refractivity contribution is 0.542. The molecule has 0 aromatic heterocycles. The van der Waals surface area contributed by atoms with E-state index in [1.54, 1.807) is 6.07 Å². The van der Waals surface area contributed by atoms with Crippen LogP contribution in [0.2, 0.25) is 0 Å². The van der Waals surface area contributed by atoms with Crippen LogP contribution in [0.4, 0.5) is 5.69 Å². The molecule has 66 valence electrons. The molecule has 1 rings (SSSR count). The van der Waals surface area contributed by atoms with Gasteiger partial charge in [0, 0.05) is 17.0 Å². The van der Waals surface area contributed by atoms with Crippen molar-refractivity contribution in [3.63, 3.8) is 0 Å². The van der Waals surface area contributed by atoms with Gasteiger partial charge in [-0.2, -0.15) is 0 Å². The summed E-state index contributed by atoms with van der Waals surface area (Å²) in [7, 11) is 0. The van der Waals surface area contributed by atoms with Gasteiger partial charge in [-0.3, -0.25) is 4.21 Å². The van der Waals surface area contributed by atoms with Crippen LogP contribution in [0.25, 0.3) is 0 Å². The molecule has 0 spiro atoms. The van der Waals surface area contributed by atoms with Crippen molar-refractivity contribution in [1.29, 1.82) is 0 Å². The molecule has 1 aromatic rings. The van der Waals surface area contributed by atoms with E-state index in [9.17, 15) is 8.76 Å². The Morgan fingerprint density at radius 1 is 1.42 bits per heavy atom. The van der Waals surface area contributed by atoms with Crippen LogP contribution in [-0.4, -0.2) is 8.76 Å². The Bertz CT molecular complexity index is 312. The number of rotatable bonds is 2. The molecule has 1 aromatic carbocycles. The number of aryl methyl sites for hydroxylation is 1. The number of benzene rings is 1. The smallest absolute Gasteiger partial charge is 0.0484 e. The average molecular weight is 184 g/mol. The minimum absolute atomic E-state index is 0.642. The number of hydrogen-bond acceptors (Lipinski definition) is 2. The molecule has 0 saturated heterocycles. The maximum atomic E-state index is 10.3. The Balaban J connectivity index is 3.00. The van der Waals surface area contributed by atoms with Crippen LogP contribution in [0.15, 0.2) is 18.2 Å². The van der Waals surface area contributed by atoms with Crippen molar-refractivity contribution in [3.05, 3.63) is 29.3 Å². The zero-order chi connectivity index (χ0) is 9.14. The van der Waals surface area contributed by atoms with Gasteiger partial charge in [0.25, 0.3) is 0 Å². The second-order valence-electron chi connectivity index (χ2n) is 2.58. The van der Waals surface area contributed by atoms with Gasteiger partial charge in [-0.1, -0.05) is 12.1 Å².